The second-order valence-electron chi connectivity index (χ2n) is 4.11. The van der Waals surface area contributed by atoms with Crippen molar-refractivity contribution in [2.45, 2.75) is 26.0 Å². The van der Waals surface area contributed by atoms with Crippen LogP contribution in [0.3, 0.4) is 0 Å². The van der Waals surface area contributed by atoms with E-state index in [1.54, 1.807) is 6.07 Å². The van der Waals surface area contributed by atoms with E-state index in [1.165, 1.54) is 12.3 Å². The average Bonchev–Trinajstić information content (AvgIpc) is 2.34. The molecule has 0 aliphatic carbocycles. The van der Waals surface area contributed by atoms with Gasteiger partial charge in [-0.25, -0.2) is 0 Å². The van der Waals surface area contributed by atoms with Crippen molar-refractivity contribution in [3.63, 3.8) is 0 Å². The molecule has 0 aliphatic heterocycles. The summed E-state index contributed by atoms with van der Waals surface area (Å²) >= 11 is 0. The molecule has 1 heterocycles. The molecule has 1 rings (SSSR count). The standard InChI is InChI=1S/C11H17N3O4/c1-8(2)13-6-9(15)7-18-10-4-3-5-12-11(10)14(16)17/h3-5,8-9,13,15H,6-7H2,1-2H3. The van der Waals surface area contributed by atoms with Crippen LogP contribution in [0.2, 0.25) is 0 Å². The van der Waals surface area contributed by atoms with Crippen LogP contribution < -0.4 is 10.1 Å². The predicted octanol–water partition coefficient (Wildman–Crippen LogP) is 0.727. The van der Waals surface area contributed by atoms with E-state index < -0.39 is 11.0 Å². The Kier molecular flexibility index (Phi) is 5.47. The number of aliphatic hydroxyl groups is 1. The summed E-state index contributed by atoms with van der Waals surface area (Å²) in [6.07, 6.45) is 0.592. The zero-order valence-electron chi connectivity index (χ0n) is 10.4. The lowest BCUT2D eigenvalue weighted by Gasteiger charge is -2.14. The van der Waals surface area contributed by atoms with Crippen LogP contribution in [0, 0.1) is 10.1 Å². The van der Waals surface area contributed by atoms with Gasteiger partial charge in [-0.2, -0.15) is 0 Å². The summed E-state index contributed by atoms with van der Waals surface area (Å²) in [6, 6.07) is 3.25. The average molecular weight is 255 g/mol. The number of hydrogen-bond acceptors (Lipinski definition) is 6. The fourth-order valence-corrected chi connectivity index (χ4v) is 1.25. The fourth-order valence-electron chi connectivity index (χ4n) is 1.25. The maximum absolute atomic E-state index is 10.7. The predicted molar refractivity (Wildman–Crippen MR) is 65.5 cm³/mol. The van der Waals surface area contributed by atoms with Gasteiger partial charge in [-0.3, -0.25) is 0 Å². The molecule has 0 aromatic carbocycles. The van der Waals surface area contributed by atoms with Gasteiger partial charge >= 0.3 is 5.82 Å². The smallest absolute Gasteiger partial charge is 0.406 e. The minimum atomic E-state index is -0.729. The van der Waals surface area contributed by atoms with Gasteiger partial charge in [0.25, 0.3) is 0 Å². The Balaban J connectivity index is 2.50. The van der Waals surface area contributed by atoms with Gasteiger partial charge in [-0.05, 0) is 22.0 Å². The van der Waals surface area contributed by atoms with Gasteiger partial charge in [0.05, 0.1) is 0 Å². The van der Waals surface area contributed by atoms with Crippen molar-refractivity contribution in [3.05, 3.63) is 28.4 Å². The molecule has 0 aliphatic rings. The van der Waals surface area contributed by atoms with Crippen LogP contribution in [0.1, 0.15) is 13.8 Å². The number of rotatable bonds is 7. The minimum absolute atomic E-state index is 0.0216. The molecule has 0 saturated heterocycles. The molecule has 0 amide bonds. The number of hydrogen-bond donors (Lipinski definition) is 2. The second-order valence-corrected chi connectivity index (χ2v) is 4.11. The Labute approximate surface area is 105 Å². The molecule has 0 fully saturated rings. The van der Waals surface area contributed by atoms with Gasteiger partial charge in [0.15, 0.2) is 0 Å². The summed E-state index contributed by atoms with van der Waals surface area (Å²) in [6.45, 7) is 4.26. The first-order valence-corrected chi connectivity index (χ1v) is 5.64. The van der Waals surface area contributed by atoms with Gasteiger partial charge in [-0.15, -0.1) is 0 Å². The van der Waals surface area contributed by atoms with Crippen LogP contribution >= 0.6 is 0 Å². The molecule has 1 unspecified atom stereocenters. The van der Waals surface area contributed by atoms with E-state index in [-0.39, 0.29) is 24.2 Å². The quantitative estimate of drug-likeness (QED) is 0.550. The highest BCUT2D eigenvalue weighted by Gasteiger charge is 2.16. The number of nitrogens with one attached hydrogen (secondary N) is 1. The van der Waals surface area contributed by atoms with Gasteiger partial charge < -0.3 is 25.3 Å². The molecule has 1 aromatic rings. The molecule has 7 nitrogen and oxygen atoms in total. The molecule has 0 bridgehead atoms. The first kappa shape index (κ1) is 14.3. The van der Waals surface area contributed by atoms with Crippen molar-refractivity contribution < 1.29 is 14.8 Å². The number of ether oxygens (including phenoxy) is 1. The van der Waals surface area contributed by atoms with E-state index >= 15 is 0 Å². The molecule has 18 heavy (non-hydrogen) atoms. The molecule has 0 radical (unpaired) electrons. The van der Waals surface area contributed by atoms with Crippen molar-refractivity contribution >= 4 is 5.82 Å². The third kappa shape index (κ3) is 4.64. The lowest BCUT2D eigenvalue weighted by atomic mass is 10.3. The lowest BCUT2D eigenvalue weighted by Crippen LogP contribution is -2.35. The fraction of sp³-hybridized carbons (Fsp3) is 0.545. The normalized spacial score (nSPS) is 12.4. The summed E-state index contributed by atoms with van der Waals surface area (Å²) in [5.41, 5.74) is 0. The van der Waals surface area contributed by atoms with Crippen LogP contribution in [0.15, 0.2) is 18.3 Å². The molecule has 7 heteroatoms. The zero-order chi connectivity index (χ0) is 13.5. The van der Waals surface area contributed by atoms with Gasteiger partial charge in [0.1, 0.15) is 18.9 Å². The number of aliphatic hydroxyl groups excluding tert-OH is 1. The maximum Gasteiger partial charge on any atom is 0.406 e. The zero-order valence-corrected chi connectivity index (χ0v) is 10.4. The van der Waals surface area contributed by atoms with Crippen molar-refractivity contribution in [2.75, 3.05) is 13.2 Å². The molecular formula is C11H17N3O4. The van der Waals surface area contributed by atoms with Crippen molar-refractivity contribution in [1.29, 1.82) is 0 Å². The second kappa shape index (κ2) is 6.87. The molecule has 1 atom stereocenters. The first-order chi connectivity index (χ1) is 8.50. The van der Waals surface area contributed by atoms with E-state index in [0.29, 0.717) is 6.54 Å². The van der Waals surface area contributed by atoms with Crippen LogP contribution in [-0.4, -0.2) is 40.3 Å². The molecule has 100 valence electrons. The van der Waals surface area contributed by atoms with Gasteiger partial charge in [0.2, 0.25) is 5.75 Å². The molecule has 0 spiro atoms. The molecule has 1 aromatic heterocycles. The van der Waals surface area contributed by atoms with E-state index in [2.05, 4.69) is 10.3 Å². The van der Waals surface area contributed by atoms with E-state index in [4.69, 9.17) is 4.74 Å². The summed E-state index contributed by atoms with van der Waals surface area (Å²) < 4.78 is 5.20. The Morgan fingerprint density at radius 3 is 2.94 bits per heavy atom. The maximum atomic E-state index is 10.7. The number of nitro groups is 1. The number of aromatic nitrogens is 1. The monoisotopic (exact) mass is 255 g/mol. The summed E-state index contributed by atoms with van der Waals surface area (Å²) in [5, 5.41) is 23.3. The minimum Gasteiger partial charge on any atom is -0.483 e. The SMILES string of the molecule is CC(C)NCC(O)COc1cccnc1[N+](=O)[O-]. The highest BCUT2D eigenvalue weighted by atomic mass is 16.6. The molecular weight excluding hydrogens is 238 g/mol. The Morgan fingerprint density at radius 1 is 1.61 bits per heavy atom. The van der Waals surface area contributed by atoms with E-state index in [9.17, 15) is 15.2 Å². The highest BCUT2D eigenvalue weighted by molar-refractivity contribution is 5.38. The van der Waals surface area contributed by atoms with E-state index in [1.807, 2.05) is 13.8 Å². The summed E-state index contributed by atoms with van der Waals surface area (Å²) in [5.74, 6) is -0.285. The number of nitrogens with zero attached hydrogens (tertiary/aromatic N) is 2. The Morgan fingerprint density at radius 2 is 2.33 bits per heavy atom. The lowest BCUT2D eigenvalue weighted by molar-refractivity contribution is -0.390. The van der Waals surface area contributed by atoms with Gasteiger partial charge in [0, 0.05) is 12.6 Å². The molecule has 0 saturated carbocycles. The summed E-state index contributed by atoms with van der Waals surface area (Å²) in [7, 11) is 0. The van der Waals surface area contributed by atoms with Crippen LogP contribution in [-0.2, 0) is 0 Å². The van der Waals surface area contributed by atoms with Crippen molar-refractivity contribution in [2.24, 2.45) is 0 Å². The third-order valence-corrected chi connectivity index (χ3v) is 2.12. The van der Waals surface area contributed by atoms with Crippen LogP contribution in [0.5, 0.6) is 5.75 Å². The molecule has 2 N–H and O–H groups in total. The Bertz CT molecular complexity index is 398. The van der Waals surface area contributed by atoms with Gasteiger partial charge in [-0.1, -0.05) is 13.8 Å². The third-order valence-electron chi connectivity index (χ3n) is 2.12. The largest absolute Gasteiger partial charge is 0.483 e. The topological polar surface area (TPSA) is 97.5 Å². The number of pyridine rings is 1. The first-order valence-electron chi connectivity index (χ1n) is 5.64. The van der Waals surface area contributed by atoms with Crippen molar-refractivity contribution in [1.82, 2.24) is 10.3 Å². The summed E-state index contributed by atoms with van der Waals surface area (Å²) in [4.78, 5) is 13.7. The highest BCUT2D eigenvalue weighted by Crippen LogP contribution is 2.22. The van der Waals surface area contributed by atoms with Crippen LogP contribution in [0.25, 0.3) is 0 Å². The van der Waals surface area contributed by atoms with E-state index in [0.717, 1.165) is 0 Å². The van der Waals surface area contributed by atoms with Crippen molar-refractivity contribution in [3.8, 4) is 5.75 Å². The van der Waals surface area contributed by atoms with Crippen LogP contribution in [0.4, 0.5) is 5.82 Å². The Hall–Kier alpha value is -1.73.